The van der Waals surface area contributed by atoms with Crippen LogP contribution in [0, 0.1) is 6.92 Å². The Bertz CT molecular complexity index is 1330. The highest BCUT2D eigenvalue weighted by Crippen LogP contribution is 2.31. The standard InChI is InChI=1S/C19H17N11/c1-11-23-14(7-15(20)24-11)18-19(25-16-5-6-29(2)28-16)26-17-4-3-13(27-30(17)18)12-8-21-10-22-9-12/h3-10H,1-2H3,(H,25,28)(H2,20,23,24). The molecule has 0 saturated heterocycles. The van der Waals surface area contributed by atoms with E-state index in [0.717, 1.165) is 5.56 Å². The largest absolute Gasteiger partial charge is 0.384 e. The first kappa shape index (κ1) is 17.7. The number of nitrogens with one attached hydrogen (secondary N) is 1. The smallest absolute Gasteiger partial charge is 0.162 e. The highest BCUT2D eigenvalue weighted by Gasteiger charge is 2.19. The summed E-state index contributed by atoms with van der Waals surface area (Å²) in [4.78, 5) is 21.6. The first-order valence-corrected chi connectivity index (χ1v) is 9.10. The van der Waals surface area contributed by atoms with Crippen molar-refractivity contribution in [2.45, 2.75) is 6.92 Å². The molecule has 0 aliphatic carbocycles. The summed E-state index contributed by atoms with van der Waals surface area (Å²) in [7, 11) is 1.85. The van der Waals surface area contributed by atoms with E-state index in [0.29, 0.717) is 46.0 Å². The zero-order valence-corrected chi connectivity index (χ0v) is 16.2. The Hall–Kier alpha value is -4.41. The average molecular weight is 399 g/mol. The van der Waals surface area contributed by atoms with Crippen molar-refractivity contribution in [1.29, 1.82) is 0 Å². The molecule has 148 valence electrons. The summed E-state index contributed by atoms with van der Waals surface area (Å²) in [5.41, 5.74) is 9.35. The molecule has 3 N–H and O–H groups in total. The Kier molecular flexibility index (Phi) is 4.05. The quantitative estimate of drug-likeness (QED) is 0.465. The fourth-order valence-corrected chi connectivity index (χ4v) is 3.15. The number of rotatable bonds is 4. The number of aromatic nitrogens is 9. The van der Waals surface area contributed by atoms with Crippen molar-refractivity contribution in [3.05, 3.63) is 55.0 Å². The Morgan fingerprint density at radius 2 is 1.80 bits per heavy atom. The van der Waals surface area contributed by atoms with Crippen LogP contribution in [0.3, 0.4) is 0 Å². The first-order chi connectivity index (χ1) is 14.6. The molecular formula is C19H17N11. The second-order valence-corrected chi connectivity index (χ2v) is 6.65. The normalized spacial score (nSPS) is 11.1. The molecule has 5 rings (SSSR count). The summed E-state index contributed by atoms with van der Waals surface area (Å²) >= 11 is 0. The Morgan fingerprint density at radius 1 is 0.967 bits per heavy atom. The lowest BCUT2D eigenvalue weighted by Gasteiger charge is -2.07. The number of fused-ring (bicyclic) bond motifs is 1. The van der Waals surface area contributed by atoms with Crippen LogP contribution in [0.2, 0.25) is 0 Å². The van der Waals surface area contributed by atoms with Crippen LogP contribution >= 0.6 is 0 Å². The Labute approximate surface area is 170 Å². The molecule has 11 nitrogen and oxygen atoms in total. The predicted octanol–water partition coefficient (Wildman–Crippen LogP) is 2.01. The molecule has 11 heteroatoms. The number of nitrogen functional groups attached to an aromatic ring is 1. The molecule has 0 unspecified atom stereocenters. The third-order valence-corrected chi connectivity index (χ3v) is 4.39. The van der Waals surface area contributed by atoms with Gasteiger partial charge >= 0.3 is 0 Å². The molecule has 0 fully saturated rings. The first-order valence-electron chi connectivity index (χ1n) is 9.10. The van der Waals surface area contributed by atoms with Gasteiger partial charge in [-0.15, -0.1) is 0 Å². The lowest BCUT2D eigenvalue weighted by molar-refractivity contribution is 0.771. The third kappa shape index (κ3) is 3.17. The highest BCUT2D eigenvalue weighted by molar-refractivity contribution is 5.78. The van der Waals surface area contributed by atoms with Gasteiger partial charge in [-0.3, -0.25) is 4.68 Å². The van der Waals surface area contributed by atoms with Crippen molar-refractivity contribution in [3.8, 4) is 22.6 Å². The van der Waals surface area contributed by atoms with Crippen molar-refractivity contribution in [3.63, 3.8) is 0 Å². The van der Waals surface area contributed by atoms with E-state index in [1.165, 1.54) is 6.33 Å². The number of nitrogens with two attached hydrogens (primary N) is 1. The van der Waals surface area contributed by atoms with E-state index in [1.807, 2.05) is 31.4 Å². The molecule has 5 aromatic rings. The lowest BCUT2D eigenvalue weighted by atomic mass is 10.2. The van der Waals surface area contributed by atoms with Gasteiger partial charge in [-0.2, -0.15) is 10.2 Å². The summed E-state index contributed by atoms with van der Waals surface area (Å²) < 4.78 is 3.42. The van der Waals surface area contributed by atoms with E-state index < -0.39 is 0 Å². The highest BCUT2D eigenvalue weighted by atomic mass is 15.3. The fraction of sp³-hybridized carbons (Fsp3) is 0.105. The lowest BCUT2D eigenvalue weighted by Crippen LogP contribution is -2.03. The van der Waals surface area contributed by atoms with E-state index in [2.05, 4.69) is 30.4 Å². The topological polar surface area (TPSA) is 138 Å². The molecule has 5 aromatic heterocycles. The molecule has 0 atom stereocenters. The van der Waals surface area contributed by atoms with Crippen molar-refractivity contribution in [2.24, 2.45) is 7.05 Å². The van der Waals surface area contributed by atoms with Crippen LogP contribution in [-0.2, 0) is 7.05 Å². The van der Waals surface area contributed by atoms with E-state index in [1.54, 1.807) is 34.6 Å². The van der Waals surface area contributed by atoms with Crippen LogP contribution in [0.4, 0.5) is 17.5 Å². The molecule has 0 aliphatic rings. The Balaban J connectivity index is 1.73. The molecule has 0 aliphatic heterocycles. The zero-order chi connectivity index (χ0) is 20.7. The minimum absolute atomic E-state index is 0.365. The SMILES string of the molecule is Cc1nc(N)cc(-c2c(Nc3ccn(C)n3)nc3ccc(-c4cncnc4)nn23)n1. The summed E-state index contributed by atoms with van der Waals surface area (Å²) in [6.45, 7) is 1.79. The third-order valence-electron chi connectivity index (χ3n) is 4.39. The van der Waals surface area contributed by atoms with Gasteiger partial charge in [-0.25, -0.2) is 29.4 Å². The van der Waals surface area contributed by atoms with Crippen molar-refractivity contribution in [1.82, 2.24) is 44.3 Å². The van der Waals surface area contributed by atoms with Gasteiger partial charge in [-0.1, -0.05) is 0 Å². The molecule has 5 heterocycles. The molecule has 0 aromatic carbocycles. The molecule has 0 saturated carbocycles. The number of anilines is 3. The second-order valence-electron chi connectivity index (χ2n) is 6.65. The number of nitrogens with zero attached hydrogens (tertiary/aromatic N) is 9. The molecular weight excluding hydrogens is 382 g/mol. The fourth-order valence-electron chi connectivity index (χ4n) is 3.15. The van der Waals surface area contributed by atoms with Crippen LogP contribution in [0.15, 0.2) is 49.2 Å². The van der Waals surface area contributed by atoms with Gasteiger partial charge in [0.15, 0.2) is 17.3 Å². The van der Waals surface area contributed by atoms with Gasteiger partial charge in [0.1, 0.15) is 23.7 Å². The second kappa shape index (κ2) is 6.88. The molecule has 0 radical (unpaired) electrons. The van der Waals surface area contributed by atoms with E-state index in [4.69, 9.17) is 15.8 Å². The monoisotopic (exact) mass is 399 g/mol. The maximum atomic E-state index is 5.98. The average Bonchev–Trinajstić information content (AvgIpc) is 3.30. The van der Waals surface area contributed by atoms with Crippen molar-refractivity contribution < 1.29 is 0 Å². The van der Waals surface area contributed by atoms with Crippen LogP contribution in [0.25, 0.3) is 28.3 Å². The van der Waals surface area contributed by atoms with Crippen LogP contribution in [-0.4, -0.2) is 44.3 Å². The predicted molar refractivity (Wildman–Crippen MR) is 111 cm³/mol. The number of hydrogen-bond donors (Lipinski definition) is 2. The molecule has 0 bridgehead atoms. The summed E-state index contributed by atoms with van der Waals surface area (Å²) in [6, 6.07) is 7.29. The van der Waals surface area contributed by atoms with Gasteiger partial charge in [0, 0.05) is 43.3 Å². The van der Waals surface area contributed by atoms with Gasteiger partial charge in [0.25, 0.3) is 0 Å². The van der Waals surface area contributed by atoms with E-state index in [9.17, 15) is 0 Å². The van der Waals surface area contributed by atoms with Gasteiger partial charge < -0.3 is 11.1 Å². The maximum absolute atomic E-state index is 5.98. The van der Waals surface area contributed by atoms with Gasteiger partial charge in [0.2, 0.25) is 0 Å². The number of aryl methyl sites for hydroxylation is 2. The minimum Gasteiger partial charge on any atom is -0.384 e. The summed E-state index contributed by atoms with van der Waals surface area (Å²) in [5.74, 6) is 2.12. The molecule has 0 spiro atoms. The Morgan fingerprint density at radius 3 is 2.53 bits per heavy atom. The summed E-state index contributed by atoms with van der Waals surface area (Å²) in [5, 5.41) is 12.4. The van der Waals surface area contributed by atoms with E-state index in [-0.39, 0.29) is 0 Å². The number of hydrogen-bond acceptors (Lipinski definition) is 9. The summed E-state index contributed by atoms with van der Waals surface area (Å²) in [6.07, 6.45) is 6.73. The van der Waals surface area contributed by atoms with Crippen LogP contribution in [0.1, 0.15) is 5.82 Å². The molecule has 0 amide bonds. The maximum Gasteiger partial charge on any atom is 0.162 e. The van der Waals surface area contributed by atoms with Crippen molar-refractivity contribution in [2.75, 3.05) is 11.1 Å². The van der Waals surface area contributed by atoms with Crippen LogP contribution < -0.4 is 11.1 Å². The minimum atomic E-state index is 0.365. The molecule has 30 heavy (non-hydrogen) atoms. The van der Waals surface area contributed by atoms with Crippen LogP contribution in [0.5, 0.6) is 0 Å². The van der Waals surface area contributed by atoms with E-state index >= 15 is 0 Å². The van der Waals surface area contributed by atoms with Gasteiger partial charge in [-0.05, 0) is 19.1 Å². The van der Waals surface area contributed by atoms with Gasteiger partial charge in [0.05, 0.1) is 11.4 Å². The number of imidazole rings is 1. The van der Waals surface area contributed by atoms with Crippen molar-refractivity contribution >= 4 is 23.1 Å². The zero-order valence-electron chi connectivity index (χ0n) is 16.2.